The van der Waals surface area contributed by atoms with Crippen LogP contribution in [0.25, 0.3) is 5.00 Å². The largest absolute Gasteiger partial charge is 0.276 e. The Labute approximate surface area is 184 Å². The molecule has 6 heteroatoms. The minimum atomic E-state index is 0.488. The van der Waals surface area contributed by atoms with E-state index in [1.165, 1.54) is 16.0 Å². The first-order valence-corrected chi connectivity index (χ1v) is 11.2. The van der Waals surface area contributed by atoms with Crippen molar-refractivity contribution in [2.45, 2.75) is 33.2 Å². The number of aromatic nitrogens is 3. The molecule has 0 amide bonds. The molecule has 0 saturated carbocycles. The predicted molar refractivity (Wildman–Crippen MR) is 123 cm³/mol. The summed E-state index contributed by atoms with van der Waals surface area (Å²) in [5, 5.41) is 10.5. The highest BCUT2D eigenvalue weighted by molar-refractivity contribution is 7.15. The molecule has 0 atom stereocenters. The Hall–Kier alpha value is -2.76. The van der Waals surface area contributed by atoms with Crippen LogP contribution < -0.4 is 0 Å². The zero-order valence-electron chi connectivity index (χ0n) is 16.9. The number of benzene rings is 2. The number of halogens is 1. The second-order valence-corrected chi connectivity index (χ2v) is 9.08. The number of thiophene rings is 1. The molecule has 150 valence electrons. The Morgan fingerprint density at radius 2 is 1.77 bits per heavy atom. The van der Waals surface area contributed by atoms with Gasteiger partial charge < -0.3 is 0 Å². The van der Waals surface area contributed by atoms with E-state index < -0.39 is 0 Å². The smallest absolute Gasteiger partial charge is 0.160 e. The van der Waals surface area contributed by atoms with E-state index in [9.17, 15) is 0 Å². The topological polar surface area (TPSA) is 43.1 Å². The van der Waals surface area contributed by atoms with E-state index in [1.54, 1.807) is 11.3 Å². The molecule has 0 spiro atoms. The molecule has 1 aliphatic heterocycles. The van der Waals surface area contributed by atoms with E-state index in [0.717, 1.165) is 46.3 Å². The lowest BCUT2D eigenvalue weighted by Gasteiger charge is -2.08. The molecule has 0 fully saturated rings. The normalized spacial score (nSPS) is 12.8. The average molecular weight is 433 g/mol. The second kappa shape index (κ2) is 7.82. The fourth-order valence-electron chi connectivity index (χ4n) is 3.80. The molecule has 5 rings (SSSR count). The summed E-state index contributed by atoms with van der Waals surface area (Å²) in [7, 11) is 0. The van der Waals surface area contributed by atoms with Gasteiger partial charge in [0, 0.05) is 21.0 Å². The van der Waals surface area contributed by atoms with E-state index in [-0.39, 0.29) is 0 Å². The number of hydrogen-bond acceptors (Lipinski definition) is 4. The quantitative estimate of drug-likeness (QED) is 0.413. The van der Waals surface area contributed by atoms with E-state index >= 15 is 0 Å². The zero-order valence-corrected chi connectivity index (χ0v) is 18.5. The Balaban J connectivity index is 1.57. The lowest BCUT2D eigenvalue weighted by molar-refractivity contribution is 0.869. The van der Waals surface area contributed by atoms with Gasteiger partial charge in [-0.25, -0.2) is 0 Å². The molecule has 30 heavy (non-hydrogen) atoms. The third-order valence-corrected chi connectivity index (χ3v) is 6.91. The predicted octanol–water partition coefficient (Wildman–Crippen LogP) is 5.74. The minimum Gasteiger partial charge on any atom is -0.276 e. The van der Waals surface area contributed by atoms with Crippen LogP contribution in [0.15, 0.2) is 59.6 Å². The van der Waals surface area contributed by atoms with Gasteiger partial charge in [0.15, 0.2) is 5.82 Å². The molecular formula is C24H21ClN4S. The van der Waals surface area contributed by atoms with Crippen LogP contribution in [0.4, 0.5) is 0 Å². The minimum absolute atomic E-state index is 0.488. The van der Waals surface area contributed by atoms with Gasteiger partial charge in [0.05, 0.1) is 5.71 Å². The Morgan fingerprint density at radius 1 is 0.967 bits per heavy atom. The second-order valence-electron chi connectivity index (χ2n) is 7.56. The van der Waals surface area contributed by atoms with Gasteiger partial charge in [0.1, 0.15) is 17.4 Å². The highest BCUT2D eigenvalue weighted by Gasteiger charge is 2.25. The lowest BCUT2D eigenvalue weighted by atomic mass is 10.0. The fraction of sp³-hybridized carbons (Fsp3) is 0.208. The van der Waals surface area contributed by atoms with Gasteiger partial charge in [-0.15, -0.1) is 21.5 Å². The van der Waals surface area contributed by atoms with Crippen molar-refractivity contribution in [1.29, 1.82) is 0 Å². The maximum Gasteiger partial charge on any atom is 0.160 e. The summed E-state index contributed by atoms with van der Waals surface area (Å²) < 4.78 is 2.14. The van der Waals surface area contributed by atoms with Gasteiger partial charge in [0.25, 0.3) is 0 Å². The molecule has 3 heterocycles. The standard InChI is InChI=1S/C24H21ClN4S/c1-15-7-9-17(10-8-15)11-12-18-13-20-23(19-5-3-4-6-21(19)25)26-14-22-28-27-16(2)29(22)24(20)30-18/h3-10,13H,11-12,14H2,1-2H3. The maximum atomic E-state index is 6.54. The number of aliphatic imine (C=N–C) groups is 1. The number of hydrogen-bond donors (Lipinski definition) is 0. The van der Waals surface area contributed by atoms with Crippen LogP contribution in [0, 0.1) is 13.8 Å². The van der Waals surface area contributed by atoms with Crippen LogP contribution in [-0.4, -0.2) is 20.5 Å². The summed E-state index contributed by atoms with van der Waals surface area (Å²) in [6.45, 7) is 4.60. The van der Waals surface area contributed by atoms with Crippen LogP contribution in [0.3, 0.4) is 0 Å². The van der Waals surface area contributed by atoms with Crippen molar-refractivity contribution in [2.75, 3.05) is 0 Å². The molecule has 0 bridgehead atoms. The molecule has 2 aromatic carbocycles. The molecule has 0 saturated heterocycles. The maximum absolute atomic E-state index is 6.54. The Bertz CT molecular complexity index is 1250. The monoisotopic (exact) mass is 432 g/mol. The van der Waals surface area contributed by atoms with Crippen molar-refractivity contribution in [3.63, 3.8) is 0 Å². The molecule has 0 unspecified atom stereocenters. The number of fused-ring (bicyclic) bond motifs is 3. The van der Waals surface area contributed by atoms with Gasteiger partial charge in [-0.05, 0) is 44.4 Å². The molecular weight excluding hydrogens is 412 g/mol. The molecule has 0 radical (unpaired) electrons. The molecule has 1 aliphatic rings. The first-order valence-electron chi connectivity index (χ1n) is 9.99. The SMILES string of the molecule is Cc1ccc(CCc2cc3c(s2)-n2c(C)nnc2CN=C3c2ccccc2Cl)cc1. The Kier molecular flexibility index (Phi) is 5.01. The summed E-state index contributed by atoms with van der Waals surface area (Å²) in [5.74, 6) is 1.75. The average Bonchev–Trinajstić information content (AvgIpc) is 3.28. The van der Waals surface area contributed by atoms with Crippen molar-refractivity contribution in [2.24, 2.45) is 4.99 Å². The van der Waals surface area contributed by atoms with Crippen LogP contribution in [0.5, 0.6) is 0 Å². The number of aryl methyl sites for hydroxylation is 4. The van der Waals surface area contributed by atoms with Crippen molar-refractivity contribution in [1.82, 2.24) is 14.8 Å². The van der Waals surface area contributed by atoms with Gasteiger partial charge in [-0.2, -0.15) is 0 Å². The van der Waals surface area contributed by atoms with Crippen LogP contribution in [-0.2, 0) is 19.4 Å². The van der Waals surface area contributed by atoms with E-state index in [1.807, 2.05) is 31.2 Å². The number of rotatable bonds is 4. The summed E-state index contributed by atoms with van der Waals surface area (Å²) in [6, 6.07) is 19.0. The van der Waals surface area contributed by atoms with Gasteiger partial charge in [0.2, 0.25) is 0 Å². The Morgan fingerprint density at radius 3 is 2.57 bits per heavy atom. The van der Waals surface area contributed by atoms with Crippen molar-refractivity contribution in [3.8, 4) is 5.00 Å². The molecule has 2 aromatic heterocycles. The highest BCUT2D eigenvalue weighted by atomic mass is 35.5. The van der Waals surface area contributed by atoms with E-state index in [2.05, 4.69) is 52.0 Å². The molecule has 4 aromatic rings. The molecule has 4 nitrogen and oxygen atoms in total. The van der Waals surface area contributed by atoms with Gasteiger partial charge >= 0.3 is 0 Å². The van der Waals surface area contributed by atoms with Crippen LogP contribution in [0.1, 0.15) is 38.8 Å². The molecule has 0 aliphatic carbocycles. The van der Waals surface area contributed by atoms with E-state index in [0.29, 0.717) is 11.6 Å². The molecule has 0 N–H and O–H groups in total. The fourth-order valence-corrected chi connectivity index (χ4v) is 5.25. The summed E-state index contributed by atoms with van der Waals surface area (Å²) in [5.41, 5.74) is 5.63. The van der Waals surface area contributed by atoms with Crippen molar-refractivity contribution < 1.29 is 0 Å². The third-order valence-electron chi connectivity index (χ3n) is 5.40. The van der Waals surface area contributed by atoms with Crippen molar-refractivity contribution >= 4 is 28.6 Å². The highest BCUT2D eigenvalue weighted by Crippen LogP contribution is 2.35. The lowest BCUT2D eigenvalue weighted by Crippen LogP contribution is -2.05. The number of nitrogens with zero attached hydrogens (tertiary/aromatic N) is 4. The summed E-state index contributed by atoms with van der Waals surface area (Å²) in [6.07, 6.45) is 1.99. The third kappa shape index (κ3) is 3.48. The summed E-state index contributed by atoms with van der Waals surface area (Å²) in [4.78, 5) is 6.23. The van der Waals surface area contributed by atoms with Gasteiger partial charge in [-0.3, -0.25) is 9.56 Å². The summed E-state index contributed by atoms with van der Waals surface area (Å²) >= 11 is 8.34. The van der Waals surface area contributed by atoms with Crippen LogP contribution >= 0.6 is 22.9 Å². The first-order chi connectivity index (χ1) is 14.6. The van der Waals surface area contributed by atoms with Crippen LogP contribution in [0.2, 0.25) is 5.02 Å². The van der Waals surface area contributed by atoms with Crippen molar-refractivity contribution in [3.05, 3.63) is 98.4 Å². The van der Waals surface area contributed by atoms with E-state index in [4.69, 9.17) is 16.6 Å². The van der Waals surface area contributed by atoms with Gasteiger partial charge in [-0.1, -0.05) is 59.6 Å². The zero-order chi connectivity index (χ0) is 20.7. The first kappa shape index (κ1) is 19.2.